The minimum Gasteiger partial charge on any atom is -0.507 e. The number of hydrogen-bond donors (Lipinski definition) is 3. The average Bonchev–Trinajstić information content (AvgIpc) is 2.20. The van der Waals surface area contributed by atoms with Crippen molar-refractivity contribution >= 4 is 17.6 Å². The summed E-state index contributed by atoms with van der Waals surface area (Å²) in [6.45, 7) is 1.55. The van der Waals surface area contributed by atoms with Gasteiger partial charge in [0.25, 0.3) is 0 Å². The number of hydrogen-bond acceptors (Lipinski definition) is 5. The van der Waals surface area contributed by atoms with Crippen LogP contribution in [-0.2, 0) is 4.74 Å². The van der Waals surface area contributed by atoms with Gasteiger partial charge >= 0.3 is 5.97 Å². The van der Waals surface area contributed by atoms with Gasteiger partial charge in [0.2, 0.25) is 0 Å². The summed E-state index contributed by atoms with van der Waals surface area (Å²) in [6.07, 6.45) is -0.645. The van der Waals surface area contributed by atoms with Gasteiger partial charge in [-0.3, -0.25) is 0 Å². The van der Waals surface area contributed by atoms with E-state index in [9.17, 15) is 20.1 Å². The number of phenols is 3. The van der Waals surface area contributed by atoms with Crippen LogP contribution in [0.3, 0.4) is 0 Å². The highest BCUT2D eigenvalue weighted by Crippen LogP contribution is 2.47. The van der Waals surface area contributed by atoms with Crippen LogP contribution < -0.4 is 0 Å². The SMILES string of the molecule is C[C@@H]1OC(=O)c2c(O)cc(O)c(O)c2[C@@H]1Cl. The van der Waals surface area contributed by atoms with Crippen LogP contribution in [0.1, 0.15) is 28.2 Å². The lowest BCUT2D eigenvalue weighted by Gasteiger charge is -2.27. The lowest BCUT2D eigenvalue weighted by molar-refractivity contribution is 0.0280. The van der Waals surface area contributed by atoms with Crippen LogP contribution >= 0.6 is 11.6 Å². The van der Waals surface area contributed by atoms with Crippen molar-refractivity contribution in [3.63, 3.8) is 0 Å². The third-order valence-electron chi connectivity index (χ3n) is 2.48. The number of phenolic OH excluding ortho intramolecular Hbond substituents is 3. The van der Waals surface area contributed by atoms with Crippen LogP contribution in [0.15, 0.2) is 6.07 Å². The fraction of sp³-hybridized carbons (Fsp3) is 0.300. The molecular formula is C10H9ClO5. The Kier molecular flexibility index (Phi) is 2.35. The normalized spacial score (nSPS) is 23.8. The van der Waals surface area contributed by atoms with Crippen molar-refractivity contribution in [3.8, 4) is 17.2 Å². The van der Waals surface area contributed by atoms with Gasteiger partial charge in [0.1, 0.15) is 17.4 Å². The Balaban J connectivity index is 2.76. The Bertz CT molecular complexity index is 471. The zero-order chi connectivity index (χ0) is 12.0. The van der Waals surface area contributed by atoms with Gasteiger partial charge in [-0.1, -0.05) is 0 Å². The van der Waals surface area contributed by atoms with Crippen LogP contribution in [0, 0.1) is 0 Å². The van der Waals surface area contributed by atoms with E-state index < -0.39 is 34.7 Å². The fourth-order valence-electron chi connectivity index (χ4n) is 1.67. The third kappa shape index (κ3) is 1.36. The number of esters is 1. The Morgan fingerprint density at radius 1 is 1.31 bits per heavy atom. The summed E-state index contributed by atoms with van der Waals surface area (Å²) in [6, 6.07) is 0.870. The summed E-state index contributed by atoms with van der Waals surface area (Å²) in [5.74, 6) is -2.26. The van der Waals surface area contributed by atoms with Gasteiger partial charge in [0, 0.05) is 11.6 Å². The number of ether oxygens (including phenoxy) is 1. The molecule has 0 saturated carbocycles. The summed E-state index contributed by atoms with van der Waals surface area (Å²) in [5.41, 5.74) is -0.198. The van der Waals surface area contributed by atoms with E-state index in [1.807, 2.05) is 0 Å². The van der Waals surface area contributed by atoms with Crippen molar-refractivity contribution in [2.75, 3.05) is 0 Å². The van der Waals surface area contributed by atoms with Crippen molar-refractivity contribution in [3.05, 3.63) is 17.2 Å². The van der Waals surface area contributed by atoms with Crippen LogP contribution in [-0.4, -0.2) is 27.4 Å². The molecule has 0 saturated heterocycles. The number of aromatic hydroxyl groups is 3. The van der Waals surface area contributed by atoms with Gasteiger partial charge in [0.15, 0.2) is 11.5 Å². The quantitative estimate of drug-likeness (QED) is 0.280. The highest BCUT2D eigenvalue weighted by atomic mass is 35.5. The molecule has 0 fully saturated rings. The summed E-state index contributed by atoms with van der Waals surface area (Å²) in [5, 5.41) is 27.6. The molecule has 0 spiro atoms. The van der Waals surface area contributed by atoms with Crippen LogP contribution in [0.2, 0.25) is 0 Å². The Labute approximate surface area is 95.8 Å². The first kappa shape index (κ1) is 10.9. The molecule has 2 atom stereocenters. The van der Waals surface area contributed by atoms with Crippen molar-refractivity contribution in [1.82, 2.24) is 0 Å². The minimum absolute atomic E-state index is 0.00270. The number of carbonyl (C=O) groups is 1. The number of fused-ring (bicyclic) bond motifs is 1. The zero-order valence-electron chi connectivity index (χ0n) is 8.27. The Morgan fingerprint density at radius 2 is 1.94 bits per heavy atom. The lowest BCUT2D eigenvalue weighted by Crippen LogP contribution is -2.27. The van der Waals surface area contributed by atoms with E-state index in [1.165, 1.54) is 0 Å². The van der Waals surface area contributed by atoms with Crippen LogP contribution in [0.4, 0.5) is 0 Å². The molecule has 2 rings (SSSR count). The monoisotopic (exact) mass is 244 g/mol. The number of halogens is 1. The van der Waals surface area contributed by atoms with Gasteiger partial charge in [-0.05, 0) is 6.92 Å². The molecular weight excluding hydrogens is 236 g/mol. The molecule has 1 aliphatic rings. The van der Waals surface area contributed by atoms with Crippen molar-refractivity contribution in [2.45, 2.75) is 18.4 Å². The largest absolute Gasteiger partial charge is 0.507 e. The molecule has 0 amide bonds. The summed E-state index contributed by atoms with van der Waals surface area (Å²) in [4.78, 5) is 11.5. The van der Waals surface area contributed by atoms with E-state index in [0.717, 1.165) is 6.07 Å². The standard InChI is InChI=1S/C10H9ClO5/c1-3-8(11)7-6(10(15)16-3)4(12)2-5(13)9(7)14/h2-3,8,12-14H,1H3/t3-,8+/m0/s1. The van der Waals surface area contributed by atoms with Gasteiger partial charge in [-0.2, -0.15) is 0 Å². The average molecular weight is 245 g/mol. The minimum atomic E-state index is -0.814. The first-order valence-corrected chi connectivity index (χ1v) is 5.00. The third-order valence-corrected chi connectivity index (χ3v) is 3.05. The van der Waals surface area contributed by atoms with Crippen LogP contribution in [0.25, 0.3) is 0 Å². The number of alkyl halides is 1. The molecule has 1 aromatic carbocycles. The maximum atomic E-state index is 11.5. The molecule has 0 radical (unpaired) electrons. The second kappa shape index (κ2) is 3.45. The highest BCUT2D eigenvalue weighted by Gasteiger charge is 2.37. The second-order valence-corrected chi connectivity index (χ2v) is 4.03. The van der Waals surface area contributed by atoms with Crippen molar-refractivity contribution < 1.29 is 24.9 Å². The van der Waals surface area contributed by atoms with Gasteiger partial charge < -0.3 is 20.1 Å². The Morgan fingerprint density at radius 3 is 2.56 bits per heavy atom. The van der Waals surface area contributed by atoms with Crippen molar-refractivity contribution in [1.29, 1.82) is 0 Å². The van der Waals surface area contributed by atoms with Gasteiger partial charge in [0.05, 0.1) is 5.38 Å². The molecule has 0 aromatic heterocycles. The molecule has 1 heterocycles. The molecule has 0 bridgehead atoms. The van der Waals surface area contributed by atoms with E-state index in [1.54, 1.807) is 6.92 Å². The number of benzene rings is 1. The van der Waals surface area contributed by atoms with E-state index >= 15 is 0 Å². The first-order chi connectivity index (χ1) is 7.43. The van der Waals surface area contributed by atoms with E-state index in [0.29, 0.717) is 0 Å². The lowest BCUT2D eigenvalue weighted by atomic mass is 9.96. The van der Waals surface area contributed by atoms with Gasteiger partial charge in [-0.15, -0.1) is 11.6 Å². The number of cyclic esters (lactones) is 1. The molecule has 3 N–H and O–H groups in total. The van der Waals surface area contributed by atoms with Crippen molar-refractivity contribution in [2.24, 2.45) is 0 Å². The molecule has 5 nitrogen and oxygen atoms in total. The molecule has 0 unspecified atom stereocenters. The zero-order valence-corrected chi connectivity index (χ0v) is 9.02. The molecule has 0 aliphatic carbocycles. The Hall–Kier alpha value is -1.62. The summed E-state index contributed by atoms with van der Waals surface area (Å²) in [7, 11) is 0. The van der Waals surface area contributed by atoms with Gasteiger partial charge in [-0.25, -0.2) is 4.79 Å². The predicted octanol–water partition coefficient (Wildman–Crippen LogP) is 1.64. The molecule has 1 aromatic rings. The van der Waals surface area contributed by atoms with E-state index in [-0.39, 0.29) is 11.1 Å². The van der Waals surface area contributed by atoms with Crippen LogP contribution in [0.5, 0.6) is 17.2 Å². The maximum absolute atomic E-state index is 11.5. The predicted molar refractivity (Wildman–Crippen MR) is 54.9 cm³/mol. The second-order valence-electron chi connectivity index (χ2n) is 3.56. The molecule has 6 heteroatoms. The molecule has 16 heavy (non-hydrogen) atoms. The number of rotatable bonds is 0. The highest BCUT2D eigenvalue weighted by molar-refractivity contribution is 6.23. The van der Waals surface area contributed by atoms with E-state index in [2.05, 4.69) is 0 Å². The fourth-order valence-corrected chi connectivity index (χ4v) is 1.93. The van der Waals surface area contributed by atoms with E-state index in [4.69, 9.17) is 16.3 Å². The topological polar surface area (TPSA) is 87.0 Å². The first-order valence-electron chi connectivity index (χ1n) is 4.56. The summed E-state index contributed by atoms with van der Waals surface area (Å²) >= 11 is 5.95. The smallest absolute Gasteiger partial charge is 0.342 e. The molecule has 86 valence electrons. The number of carbonyl (C=O) groups excluding carboxylic acids is 1. The molecule has 1 aliphatic heterocycles. The maximum Gasteiger partial charge on any atom is 0.342 e. The summed E-state index contributed by atoms with van der Waals surface area (Å²) < 4.78 is 4.88.